The number of likely N-dealkylation sites (tertiary alicyclic amines) is 1. The van der Waals surface area contributed by atoms with Crippen molar-refractivity contribution in [2.45, 2.75) is 64.6 Å². The number of carboxylic acid groups (broad SMARTS) is 1. The fourth-order valence-electron chi connectivity index (χ4n) is 3.08. The van der Waals surface area contributed by atoms with Crippen LogP contribution in [0.3, 0.4) is 0 Å². The Kier molecular flexibility index (Phi) is 6.92. The first kappa shape index (κ1) is 17.4. The number of nitrogens with one attached hydrogen (secondary N) is 1. The molecule has 1 aliphatic heterocycles. The summed E-state index contributed by atoms with van der Waals surface area (Å²) in [5, 5.41) is 12.5. The van der Waals surface area contributed by atoms with E-state index in [-0.39, 0.29) is 6.04 Å². The molecule has 0 spiro atoms. The molecule has 1 fully saturated rings. The van der Waals surface area contributed by atoms with Crippen molar-refractivity contribution >= 4 is 5.97 Å². The molecule has 1 heterocycles. The maximum Gasteiger partial charge on any atom is 0.323 e. The van der Waals surface area contributed by atoms with E-state index in [1.807, 2.05) is 13.8 Å². The van der Waals surface area contributed by atoms with E-state index in [0.29, 0.717) is 19.1 Å². The lowest BCUT2D eigenvalue weighted by molar-refractivity contribution is -0.145. The van der Waals surface area contributed by atoms with E-state index in [1.54, 1.807) is 6.92 Å². The summed E-state index contributed by atoms with van der Waals surface area (Å²) in [6, 6.07) is 0.235. The fourth-order valence-corrected chi connectivity index (χ4v) is 3.08. The van der Waals surface area contributed by atoms with E-state index in [1.165, 1.54) is 0 Å². The minimum absolute atomic E-state index is 0.235. The number of ether oxygens (including phenoxy) is 1. The monoisotopic (exact) mass is 286 g/mol. The molecular weight excluding hydrogens is 256 g/mol. The van der Waals surface area contributed by atoms with Gasteiger partial charge in [-0.15, -0.1) is 0 Å². The first-order valence-electron chi connectivity index (χ1n) is 7.77. The van der Waals surface area contributed by atoms with Crippen molar-refractivity contribution < 1.29 is 14.6 Å². The predicted octanol–water partition coefficient (Wildman–Crippen LogP) is 1.72. The number of carboxylic acids is 1. The number of aliphatic carboxylic acids is 1. The van der Waals surface area contributed by atoms with Crippen LogP contribution < -0.4 is 5.32 Å². The van der Waals surface area contributed by atoms with Gasteiger partial charge in [0, 0.05) is 19.2 Å². The third-order valence-electron chi connectivity index (χ3n) is 4.18. The summed E-state index contributed by atoms with van der Waals surface area (Å²) in [5.74, 6) is -0.774. The topological polar surface area (TPSA) is 61.8 Å². The highest BCUT2D eigenvalue weighted by Crippen LogP contribution is 2.21. The number of hydrogen-bond acceptors (Lipinski definition) is 4. The minimum Gasteiger partial charge on any atom is -0.480 e. The normalized spacial score (nSPS) is 25.1. The molecule has 0 aromatic carbocycles. The minimum atomic E-state index is -0.854. The number of hydrogen-bond donors (Lipinski definition) is 2. The van der Waals surface area contributed by atoms with Crippen molar-refractivity contribution in [2.75, 3.05) is 26.2 Å². The highest BCUT2D eigenvalue weighted by Gasteiger charge is 2.36. The zero-order valence-corrected chi connectivity index (χ0v) is 13.3. The molecule has 5 heteroatoms. The smallest absolute Gasteiger partial charge is 0.323 e. The molecule has 0 saturated carbocycles. The largest absolute Gasteiger partial charge is 0.480 e. The van der Waals surface area contributed by atoms with Gasteiger partial charge in [-0.2, -0.15) is 0 Å². The first-order chi connectivity index (χ1) is 9.42. The van der Waals surface area contributed by atoms with E-state index in [4.69, 9.17) is 4.74 Å². The summed E-state index contributed by atoms with van der Waals surface area (Å²) in [7, 11) is 0. The average molecular weight is 286 g/mol. The number of rotatable bonds is 8. The molecule has 1 saturated heterocycles. The van der Waals surface area contributed by atoms with Crippen molar-refractivity contribution in [3.8, 4) is 0 Å². The van der Waals surface area contributed by atoms with Gasteiger partial charge in [0.05, 0.1) is 6.10 Å². The second-order valence-corrected chi connectivity index (χ2v) is 5.94. The van der Waals surface area contributed by atoms with Crippen LogP contribution >= 0.6 is 0 Å². The zero-order chi connectivity index (χ0) is 15.2. The van der Waals surface area contributed by atoms with Gasteiger partial charge in [0.1, 0.15) is 5.54 Å². The lowest BCUT2D eigenvalue weighted by Crippen LogP contribution is -2.55. The Labute approximate surface area is 122 Å². The Balaban J connectivity index is 2.59. The number of nitrogens with zero attached hydrogens (tertiary/aromatic N) is 1. The maximum absolute atomic E-state index is 11.5. The summed E-state index contributed by atoms with van der Waals surface area (Å²) in [4.78, 5) is 13.9. The van der Waals surface area contributed by atoms with E-state index in [9.17, 15) is 9.90 Å². The SMILES string of the molecule is CCNC(C)(CC(C)N1CCCC(OCC)C1)C(=O)O. The highest BCUT2D eigenvalue weighted by atomic mass is 16.5. The fraction of sp³-hybridized carbons (Fsp3) is 0.933. The molecule has 3 atom stereocenters. The molecule has 3 unspecified atom stereocenters. The Morgan fingerprint density at radius 3 is 2.80 bits per heavy atom. The first-order valence-corrected chi connectivity index (χ1v) is 7.77. The summed E-state index contributed by atoms with van der Waals surface area (Å²) in [6.07, 6.45) is 3.14. The molecule has 5 nitrogen and oxygen atoms in total. The van der Waals surface area contributed by atoms with E-state index >= 15 is 0 Å². The van der Waals surface area contributed by atoms with E-state index < -0.39 is 11.5 Å². The van der Waals surface area contributed by atoms with Gasteiger partial charge in [-0.05, 0) is 53.1 Å². The van der Waals surface area contributed by atoms with Crippen LogP contribution in [0.2, 0.25) is 0 Å². The molecular formula is C15H30N2O3. The quantitative estimate of drug-likeness (QED) is 0.711. The van der Waals surface area contributed by atoms with Crippen molar-refractivity contribution in [3.63, 3.8) is 0 Å². The standard InChI is InChI=1S/C15H30N2O3/c1-5-16-15(4,14(18)19)10-12(3)17-9-7-8-13(11-17)20-6-2/h12-13,16H,5-11H2,1-4H3,(H,18,19). The van der Waals surface area contributed by atoms with Gasteiger partial charge in [0.25, 0.3) is 0 Å². The lowest BCUT2D eigenvalue weighted by Gasteiger charge is -2.39. The molecule has 2 N–H and O–H groups in total. The summed E-state index contributed by atoms with van der Waals surface area (Å²) in [5.41, 5.74) is -0.854. The molecule has 0 radical (unpaired) electrons. The van der Waals surface area contributed by atoms with E-state index in [2.05, 4.69) is 17.1 Å². The van der Waals surface area contributed by atoms with Crippen LogP contribution in [0.4, 0.5) is 0 Å². The van der Waals surface area contributed by atoms with Gasteiger partial charge in [0.15, 0.2) is 0 Å². The third kappa shape index (κ3) is 4.72. The average Bonchev–Trinajstić information content (AvgIpc) is 2.39. The molecule has 0 amide bonds. The molecule has 118 valence electrons. The second kappa shape index (κ2) is 7.96. The Morgan fingerprint density at radius 1 is 1.55 bits per heavy atom. The van der Waals surface area contributed by atoms with Gasteiger partial charge in [0.2, 0.25) is 0 Å². The van der Waals surface area contributed by atoms with Crippen molar-refractivity contribution in [3.05, 3.63) is 0 Å². The third-order valence-corrected chi connectivity index (χ3v) is 4.18. The van der Waals surface area contributed by atoms with Gasteiger partial charge < -0.3 is 15.2 Å². The number of carbonyl (C=O) groups is 1. The van der Waals surface area contributed by atoms with Gasteiger partial charge in [-0.25, -0.2) is 0 Å². The summed E-state index contributed by atoms with van der Waals surface area (Å²) in [6.45, 7) is 11.2. The van der Waals surface area contributed by atoms with Crippen LogP contribution in [0.1, 0.15) is 47.0 Å². The predicted molar refractivity (Wildman–Crippen MR) is 80.0 cm³/mol. The van der Waals surface area contributed by atoms with Gasteiger partial charge in [-0.3, -0.25) is 9.69 Å². The van der Waals surface area contributed by atoms with E-state index in [0.717, 1.165) is 32.5 Å². The molecule has 1 rings (SSSR count). The van der Waals surface area contributed by atoms with Gasteiger partial charge in [-0.1, -0.05) is 6.92 Å². The van der Waals surface area contributed by atoms with Crippen molar-refractivity contribution in [1.82, 2.24) is 10.2 Å². The Hall–Kier alpha value is -0.650. The zero-order valence-electron chi connectivity index (χ0n) is 13.3. The molecule has 1 aliphatic rings. The van der Waals surface area contributed by atoms with Crippen LogP contribution in [0.5, 0.6) is 0 Å². The van der Waals surface area contributed by atoms with Crippen molar-refractivity contribution in [1.29, 1.82) is 0 Å². The Morgan fingerprint density at radius 2 is 2.25 bits per heavy atom. The molecule has 0 aromatic rings. The number of piperidine rings is 1. The maximum atomic E-state index is 11.5. The van der Waals surface area contributed by atoms with Crippen LogP contribution in [-0.2, 0) is 9.53 Å². The summed E-state index contributed by atoms with van der Waals surface area (Å²) < 4.78 is 5.71. The Bertz CT molecular complexity index is 309. The van der Waals surface area contributed by atoms with Crippen LogP contribution in [0, 0.1) is 0 Å². The molecule has 0 aliphatic carbocycles. The molecule has 0 aromatic heterocycles. The molecule has 0 bridgehead atoms. The second-order valence-electron chi connectivity index (χ2n) is 5.94. The van der Waals surface area contributed by atoms with Crippen LogP contribution in [0.15, 0.2) is 0 Å². The summed E-state index contributed by atoms with van der Waals surface area (Å²) >= 11 is 0. The van der Waals surface area contributed by atoms with Crippen LogP contribution in [-0.4, -0.2) is 59.9 Å². The highest BCUT2D eigenvalue weighted by molar-refractivity contribution is 5.78. The molecule has 20 heavy (non-hydrogen) atoms. The van der Waals surface area contributed by atoms with Crippen molar-refractivity contribution in [2.24, 2.45) is 0 Å². The van der Waals surface area contributed by atoms with Gasteiger partial charge >= 0.3 is 5.97 Å². The number of likely N-dealkylation sites (N-methyl/N-ethyl adjacent to an activating group) is 1. The van der Waals surface area contributed by atoms with Crippen LogP contribution in [0.25, 0.3) is 0 Å². The lowest BCUT2D eigenvalue weighted by atomic mass is 9.91.